The van der Waals surface area contributed by atoms with Crippen molar-refractivity contribution in [2.24, 2.45) is 23.7 Å². The number of aromatic nitrogens is 4. The second-order valence-corrected chi connectivity index (χ2v) is 28.6. The molecule has 8 aliphatic rings. The number of benzene rings is 4. The lowest BCUT2D eigenvalue weighted by molar-refractivity contribution is -0.143. The molecular formula is C72H93FN14O10. The van der Waals surface area contributed by atoms with Gasteiger partial charge in [0.2, 0.25) is 0 Å². The van der Waals surface area contributed by atoms with Crippen LogP contribution >= 0.6 is 0 Å². The highest BCUT2D eigenvalue weighted by Gasteiger charge is 2.41. The average Bonchev–Trinajstić information content (AvgIpc) is 1.60. The molecule has 0 bridgehead atoms. The highest BCUT2D eigenvalue weighted by atomic mass is 19.1. The number of piperidine rings is 6. The summed E-state index contributed by atoms with van der Waals surface area (Å²) in [6.07, 6.45) is 8.33. The van der Waals surface area contributed by atoms with Crippen LogP contribution in [0.15, 0.2) is 76.3 Å². The molecule has 0 aliphatic carbocycles. The minimum Gasteiger partial charge on any atom is -0.436 e. The van der Waals surface area contributed by atoms with Crippen LogP contribution in [0.25, 0.3) is 22.1 Å². The number of para-hydroxylation sites is 2. The number of rotatable bonds is 12. The number of anilines is 2. The van der Waals surface area contributed by atoms with Crippen LogP contribution in [0.4, 0.5) is 34.9 Å². The topological polar surface area (TPSA) is 268 Å². The number of aromatic amines is 4. The molecule has 8 aliphatic heterocycles. The van der Waals surface area contributed by atoms with Gasteiger partial charge in [-0.1, -0.05) is 42.5 Å². The molecule has 10 heterocycles. The van der Waals surface area contributed by atoms with E-state index < -0.39 is 30.2 Å². The smallest absolute Gasteiger partial charge is 0.410 e. The van der Waals surface area contributed by atoms with E-state index in [1.165, 1.54) is 31.7 Å². The Balaban J connectivity index is 0.000000175. The SMILES string of the molecule is Cc1cc(CC(OC(=O)N2CCC(N3Cc4cccc(F)c4NC3=O)CC2)C(=O)N2CCC(C3CCN(C)CC3)CC2)cc2[nH]c(=O)[nH]c12.Cc1cc(CC(OC(=O)N2CCC(N3Cc4ccccc4NC3=O)CC2)C(=O)N2CCC(C3CCN(C)CC3)CC2)cc2[nH]c(=O)[nH]c12. The van der Waals surface area contributed by atoms with Crippen LogP contribution < -0.4 is 22.0 Å². The summed E-state index contributed by atoms with van der Waals surface area (Å²) in [5, 5.41) is 5.67. The molecule has 4 aromatic carbocycles. The predicted molar refractivity (Wildman–Crippen MR) is 365 cm³/mol. The highest BCUT2D eigenvalue weighted by Crippen LogP contribution is 2.37. The molecule has 518 valence electrons. The maximum absolute atomic E-state index is 14.2. The molecule has 2 aromatic heterocycles. The number of hydrogen-bond acceptors (Lipinski definition) is 12. The molecule has 0 radical (unpaired) electrons. The molecule has 6 N–H and O–H groups in total. The lowest BCUT2D eigenvalue weighted by atomic mass is 9.79. The first kappa shape index (κ1) is 66.9. The zero-order valence-corrected chi connectivity index (χ0v) is 56.3. The largest absolute Gasteiger partial charge is 0.436 e. The molecule has 6 aromatic rings. The van der Waals surface area contributed by atoms with E-state index in [1.54, 1.807) is 26.8 Å². The van der Waals surface area contributed by atoms with E-state index in [-0.39, 0.29) is 65.9 Å². The summed E-state index contributed by atoms with van der Waals surface area (Å²) in [5.41, 5.74) is 8.37. The molecule has 97 heavy (non-hydrogen) atoms. The number of amides is 8. The van der Waals surface area contributed by atoms with Gasteiger partial charge in [-0.05, 0) is 212 Å². The van der Waals surface area contributed by atoms with Crippen LogP contribution in [0.2, 0.25) is 0 Å². The summed E-state index contributed by atoms with van der Waals surface area (Å²) >= 11 is 0. The summed E-state index contributed by atoms with van der Waals surface area (Å²) < 4.78 is 26.4. The summed E-state index contributed by atoms with van der Waals surface area (Å²) in [7, 11) is 4.35. The second-order valence-electron chi connectivity index (χ2n) is 28.6. The van der Waals surface area contributed by atoms with Gasteiger partial charge in [0.1, 0.15) is 5.82 Å². The second kappa shape index (κ2) is 29.2. The fraction of sp³-hybridized carbons (Fsp3) is 0.556. The maximum Gasteiger partial charge on any atom is 0.410 e. The third kappa shape index (κ3) is 15.2. The van der Waals surface area contributed by atoms with E-state index in [4.69, 9.17) is 9.47 Å². The van der Waals surface area contributed by atoms with Gasteiger partial charge in [-0.15, -0.1) is 0 Å². The molecule has 8 amide bonds. The molecular weight excluding hydrogens is 1240 g/mol. The third-order valence-electron chi connectivity index (χ3n) is 22.3. The van der Waals surface area contributed by atoms with Crippen molar-refractivity contribution in [2.75, 3.05) is 103 Å². The number of H-pyrrole nitrogens is 4. The van der Waals surface area contributed by atoms with Crippen molar-refractivity contribution in [2.45, 2.75) is 141 Å². The van der Waals surface area contributed by atoms with Gasteiger partial charge in [0.05, 0.1) is 27.8 Å². The van der Waals surface area contributed by atoms with E-state index in [1.807, 2.05) is 77.1 Å². The van der Waals surface area contributed by atoms with Crippen LogP contribution in [0, 0.1) is 43.3 Å². The number of aryl methyl sites for hydroxylation is 2. The number of carbonyl (C=O) groups is 6. The minimum atomic E-state index is -1.02. The molecule has 2 atom stereocenters. The first-order chi connectivity index (χ1) is 46.8. The summed E-state index contributed by atoms with van der Waals surface area (Å²) in [6.45, 7) is 13.4. The van der Waals surface area contributed by atoms with Crippen molar-refractivity contribution in [3.63, 3.8) is 0 Å². The van der Waals surface area contributed by atoms with Crippen LogP contribution in [-0.4, -0.2) is 212 Å². The number of halogens is 1. The van der Waals surface area contributed by atoms with Gasteiger partial charge in [-0.2, -0.15) is 0 Å². The van der Waals surface area contributed by atoms with Crippen molar-refractivity contribution >= 4 is 69.5 Å². The summed E-state index contributed by atoms with van der Waals surface area (Å²) in [6, 6.07) is 19.6. The van der Waals surface area contributed by atoms with Gasteiger partial charge in [-0.3, -0.25) is 9.59 Å². The number of hydrogen-bond donors (Lipinski definition) is 6. The predicted octanol–water partition coefficient (Wildman–Crippen LogP) is 8.75. The number of nitrogens with one attached hydrogen (secondary N) is 6. The lowest BCUT2D eigenvalue weighted by Gasteiger charge is -2.41. The first-order valence-electron chi connectivity index (χ1n) is 35.1. The number of ether oxygens (including phenoxy) is 2. The van der Waals surface area contributed by atoms with E-state index in [0.717, 1.165) is 96.4 Å². The zero-order valence-electron chi connectivity index (χ0n) is 56.3. The van der Waals surface area contributed by atoms with Crippen LogP contribution in [0.1, 0.15) is 110 Å². The molecule has 6 fully saturated rings. The molecule has 24 nitrogen and oxygen atoms in total. The fourth-order valence-corrected chi connectivity index (χ4v) is 16.6. The van der Waals surface area contributed by atoms with Crippen LogP contribution in [0.3, 0.4) is 0 Å². The quantitative estimate of drug-likeness (QED) is 0.0672. The van der Waals surface area contributed by atoms with Crippen molar-refractivity contribution in [1.29, 1.82) is 0 Å². The highest BCUT2D eigenvalue weighted by molar-refractivity contribution is 5.94. The van der Waals surface area contributed by atoms with Crippen LogP contribution in [0.5, 0.6) is 0 Å². The Kier molecular flexibility index (Phi) is 20.1. The van der Waals surface area contributed by atoms with E-state index in [0.29, 0.717) is 131 Å². The molecule has 14 rings (SSSR count). The fourth-order valence-electron chi connectivity index (χ4n) is 16.6. The maximum atomic E-state index is 14.2. The number of fused-ring (bicyclic) bond motifs is 4. The summed E-state index contributed by atoms with van der Waals surface area (Å²) in [5.74, 6) is 1.81. The van der Waals surface area contributed by atoms with Crippen molar-refractivity contribution in [3.05, 3.63) is 127 Å². The molecule has 2 unspecified atom stereocenters. The Morgan fingerprint density at radius 2 is 0.866 bits per heavy atom. The number of urea groups is 2. The standard InChI is InChI=1S/C36H46FN7O5.C36H47N7O5/c1-22-18-23(19-29-31(22)39-34(46)38-29)20-30(33(45)42-14-8-25(9-15-42)24-6-12-41(2)13-7-24)49-36(48)43-16-10-27(11-17-43)44-21-26-4-3-5-28(37)32(26)40-35(44)47;1-23-19-24(20-30-32(23)39-34(45)37-30)21-31(33(44)41-15-9-26(10-16-41)25-7-13-40(2)14-8-25)48-36(47)42-17-11-28(12-18-42)43-22-27-5-3-4-6-29(27)38-35(43)46/h3-5,18-19,24-25,27,30H,6-17,20-21H2,1-2H3,(H,40,47)(H2,38,39,46);3-6,19-20,25-26,28,31H,7-18,21-22H2,1-2H3,(H,38,46)(H2,37,39,45). The zero-order chi connectivity index (χ0) is 67.6. The third-order valence-corrected chi connectivity index (χ3v) is 22.3. The van der Waals surface area contributed by atoms with Gasteiger partial charge >= 0.3 is 35.6 Å². The Bertz CT molecular complexity index is 3990. The monoisotopic (exact) mass is 1330 g/mol. The van der Waals surface area contributed by atoms with Gasteiger partial charge in [0.15, 0.2) is 12.2 Å². The Hall–Kier alpha value is -8.71. The normalized spacial score (nSPS) is 20.8. The number of likely N-dealkylation sites (tertiary alicyclic amines) is 6. The van der Waals surface area contributed by atoms with E-state index in [9.17, 15) is 42.7 Å². The molecule has 0 saturated carbocycles. The van der Waals surface area contributed by atoms with Crippen molar-refractivity contribution in [1.82, 2.24) is 59.1 Å². The first-order valence-corrected chi connectivity index (χ1v) is 35.1. The Labute approximate surface area is 563 Å². The Morgan fingerprint density at radius 1 is 0.474 bits per heavy atom. The van der Waals surface area contributed by atoms with Gasteiger partial charge < -0.3 is 79.2 Å². The van der Waals surface area contributed by atoms with E-state index >= 15 is 0 Å². The van der Waals surface area contributed by atoms with Gasteiger partial charge in [0, 0.05) is 96.1 Å². The van der Waals surface area contributed by atoms with Crippen molar-refractivity contribution < 1.29 is 42.6 Å². The van der Waals surface area contributed by atoms with Gasteiger partial charge in [-0.25, -0.2) is 33.2 Å². The number of carbonyl (C=O) groups excluding carboxylic acids is 6. The van der Waals surface area contributed by atoms with Gasteiger partial charge in [0.25, 0.3) is 11.8 Å². The molecule has 25 heteroatoms. The van der Waals surface area contributed by atoms with E-state index in [2.05, 4.69) is 54.5 Å². The summed E-state index contributed by atoms with van der Waals surface area (Å²) in [4.78, 5) is 132. The lowest BCUT2D eigenvalue weighted by Crippen LogP contribution is -2.52. The minimum absolute atomic E-state index is 0.00361. The van der Waals surface area contributed by atoms with Crippen molar-refractivity contribution in [3.8, 4) is 0 Å². The number of nitrogens with zero attached hydrogens (tertiary/aromatic N) is 8. The van der Waals surface area contributed by atoms with Crippen LogP contribution in [-0.2, 0) is 45.0 Å². The average molecular weight is 1330 g/mol. The Morgan fingerprint density at radius 3 is 1.32 bits per heavy atom. The number of imidazole rings is 2. The molecule has 0 spiro atoms. The molecule has 6 saturated heterocycles.